The minimum Gasteiger partial charge on any atom is -0.494 e. The Hall–Kier alpha value is -3.60. The van der Waals surface area contributed by atoms with Gasteiger partial charge in [0, 0.05) is 25.0 Å². The number of nitrogens with zero attached hydrogens (tertiary/aromatic N) is 1. The Balaban J connectivity index is 1.85. The molecule has 3 rings (SSSR count). The lowest BCUT2D eigenvalue weighted by atomic mass is 9.97. The first-order chi connectivity index (χ1) is 14.7. The maximum atomic E-state index is 12.7. The predicted octanol–water partition coefficient (Wildman–Crippen LogP) is 4.63. The van der Waals surface area contributed by atoms with Gasteiger partial charge in [0.25, 0.3) is 0 Å². The van der Waals surface area contributed by atoms with Crippen molar-refractivity contribution < 1.29 is 14.3 Å². The Bertz CT molecular complexity index is 914. The van der Waals surface area contributed by atoms with Gasteiger partial charge in [-0.25, -0.2) is 0 Å². The molecule has 0 saturated heterocycles. The predicted molar refractivity (Wildman–Crippen MR) is 118 cm³/mol. The van der Waals surface area contributed by atoms with E-state index in [4.69, 9.17) is 9.47 Å². The molecule has 0 saturated carbocycles. The molecule has 0 bridgehead atoms. The second-order valence-electron chi connectivity index (χ2n) is 6.55. The van der Waals surface area contributed by atoms with Crippen LogP contribution in [0.4, 0.5) is 0 Å². The summed E-state index contributed by atoms with van der Waals surface area (Å²) in [5.41, 5.74) is 3.63. The molecule has 0 spiro atoms. The Morgan fingerprint density at radius 2 is 1.47 bits per heavy atom. The molecule has 5 nitrogen and oxygen atoms in total. The summed E-state index contributed by atoms with van der Waals surface area (Å²) in [7, 11) is 0. The first-order valence-corrected chi connectivity index (χ1v) is 10.0. The third kappa shape index (κ3) is 5.95. The zero-order valence-electron chi connectivity index (χ0n) is 17.3. The molecule has 0 atom stereocenters. The number of aromatic nitrogens is 1. The summed E-state index contributed by atoms with van der Waals surface area (Å²) in [5.74, 6) is 1.43. The zero-order chi connectivity index (χ0) is 21.2. The Morgan fingerprint density at radius 1 is 0.900 bits per heavy atom. The molecule has 5 heteroatoms. The van der Waals surface area contributed by atoms with Crippen LogP contribution in [0, 0.1) is 0 Å². The van der Waals surface area contributed by atoms with Crippen LogP contribution in [0.2, 0.25) is 0 Å². The number of benzene rings is 2. The highest BCUT2D eigenvalue weighted by Gasteiger charge is 2.09. The van der Waals surface area contributed by atoms with E-state index in [0.29, 0.717) is 19.8 Å². The molecule has 0 aliphatic rings. The van der Waals surface area contributed by atoms with E-state index in [1.54, 1.807) is 18.5 Å². The van der Waals surface area contributed by atoms with Gasteiger partial charge in [-0.1, -0.05) is 30.3 Å². The molecule has 0 radical (unpaired) electrons. The van der Waals surface area contributed by atoms with Crippen molar-refractivity contribution in [3.8, 4) is 11.5 Å². The van der Waals surface area contributed by atoms with Crippen LogP contribution >= 0.6 is 0 Å². The van der Waals surface area contributed by atoms with E-state index in [2.05, 4.69) is 10.3 Å². The molecular formula is C25H26N2O3. The van der Waals surface area contributed by atoms with Crippen LogP contribution in [0.25, 0.3) is 5.57 Å². The molecule has 154 valence electrons. The van der Waals surface area contributed by atoms with Gasteiger partial charge < -0.3 is 14.8 Å². The van der Waals surface area contributed by atoms with Crippen LogP contribution in [0.3, 0.4) is 0 Å². The highest BCUT2D eigenvalue weighted by molar-refractivity contribution is 5.99. The van der Waals surface area contributed by atoms with Crippen LogP contribution < -0.4 is 14.8 Å². The molecular weight excluding hydrogens is 376 g/mol. The fourth-order valence-electron chi connectivity index (χ4n) is 3.00. The molecule has 3 aromatic rings. The quantitative estimate of drug-likeness (QED) is 0.530. The van der Waals surface area contributed by atoms with Gasteiger partial charge in [-0.05, 0) is 66.4 Å². The number of ether oxygens (including phenoxy) is 2. The third-order valence-electron chi connectivity index (χ3n) is 4.42. The maximum Gasteiger partial charge on any atom is 0.244 e. The largest absolute Gasteiger partial charge is 0.494 e. The fraction of sp³-hybridized carbons (Fsp3) is 0.200. The van der Waals surface area contributed by atoms with E-state index in [1.807, 2.05) is 74.5 Å². The number of hydrogen-bond acceptors (Lipinski definition) is 4. The molecule has 0 unspecified atom stereocenters. The lowest BCUT2D eigenvalue weighted by Crippen LogP contribution is -2.20. The number of amides is 1. The first kappa shape index (κ1) is 21.1. The lowest BCUT2D eigenvalue weighted by Gasteiger charge is -2.12. The average Bonchev–Trinajstić information content (AvgIpc) is 2.79. The number of rotatable bonds is 9. The van der Waals surface area contributed by atoms with Crippen LogP contribution in [-0.4, -0.2) is 24.1 Å². The number of pyridine rings is 1. The number of nitrogens with one attached hydrogen (secondary N) is 1. The molecule has 0 aliphatic carbocycles. The number of carbonyl (C=O) groups excluding carboxylic acids is 1. The van der Waals surface area contributed by atoms with Crippen molar-refractivity contribution in [1.82, 2.24) is 10.3 Å². The van der Waals surface area contributed by atoms with Gasteiger partial charge >= 0.3 is 0 Å². The number of hydrogen-bond donors (Lipinski definition) is 1. The van der Waals surface area contributed by atoms with Crippen LogP contribution in [0.5, 0.6) is 11.5 Å². The second kappa shape index (κ2) is 10.8. The van der Waals surface area contributed by atoms with E-state index < -0.39 is 0 Å². The Morgan fingerprint density at radius 3 is 1.93 bits per heavy atom. The summed E-state index contributed by atoms with van der Waals surface area (Å²) in [4.78, 5) is 16.7. The van der Waals surface area contributed by atoms with Crippen LogP contribution in [0.15, 0.2) is 79.1 Å². The molecule has 1 N–H and O–H groups in total. The molecule has 2 aromatic carbocycles. The first-order valence-electron chi connectivity index (χ1n) is 10.0. The van der Waals surface area contributed by atoms with E-state index in [-0.39, 0.29) is 5.91 Å². The summed E-state index contributed by atoms with van der Waals surface area (Å²) in [5, 5.41) is 2.93. The SMILES string of the molecule is CCOc1ccc(C(=CC(=O)NCc2cccnc2)c2ccc(OCC)cc2)cc1. The van der Waals surface area contributed by atoms with Crippen molar-refractivity contribution in [3.63, 3.8) is 0 Å². The average molecular weight is 402 g/mol. The second-order valence-corrected chi connectivity index (χ2v) is 6.55. The zero-order valence-corrected chi connectivity index (χ0v) is 17.3. The van der Waals surface area contributed by atoms with Crippen molar-refractivity contribution in [2.75, 3.05) is 13.2 Å². The van der Waals surface area contributed by atoms with Crippen molar-refractivity contribution in [2.45, 2.75) is 20.4 Å². The van der Waals surface area contributed by atoms with Crippen LogP contribution in [-0.2, 0) is 11.3 Å². The standard InChI is InChI=1S/C25H26N2O3/c1-3-29-22-11-7-20(8-12-22)24(21-9-13-23(14-10-21)30-4-2)16-25(28)27-18-19-6-5-15-26-17-19/h5-17H,3-4,18H2,1-2H3,(H,27,28). The maximum absolute atomic E-state index is 12.7. The Labute approximate surface area is 177 Å². The molecule has 0 aliphatic heterocycles. The molecule has 1 aromatic heterocycles. The summed E-state index contributed by atoms with van der Waals surface area (Å²) in [6.45, 7) is 5.54. The summed E-state index contributed by atoms with van der Waals surface area (Å²) < 4.78 is 11.1. The van der Waals surface area contributed by atoms with E-state index in [1.165, 1.54) is 0 Å². The molecule has 1 amide bonds. The molecule has 1 heterocycles. The minimum atomic E-state index is -0.170. The van der Waals surface area contributed by atoms with Gasteiger partial charge in [-0.3, -0.25) is 9.78 Å². The minimum absolute atomic E-state index is 0.170. The van der Waals surface area contributed by atoms with Gasteiger partial charge in [0.1, 0.15) is 11.5 Å². The summed E-state index contributed by atoms with van der Waals surface area (Å²) in [6, 6.07) is 19.3. The van der Waals surface area contributed by atoms with Crippen molar-refractivity contribution in [3.05, 3.63) is 95.8 Å². The van der Waals surface area contributed by atoms with E-state index >= 15 is 0 Å². The van der Waals surface area contributed by atoms with Gasteiger partial charge in [0.2, 0.25) is 5.91 Å². The topological polar surface area (TPSA) is 60.5 Å². The monoisotopic (exact) mass is 402 g/mol. The fourth-order valence-corrected chi connectivity index (χ4v) is 3.00. The highest BCUT2D eigenvalue weighted by atomic mass is 16.5. The van der Waals surface area contributed by atoms with E-state index in [0.717, 1.165) is 33.8 Å². The van der Waals surface area contributed by atoms with Crippen molar-refractivity contribution >= 4 is 11.5 Å². The number of carbonyl (C=O) groups is 1. The van der Waals surface area contributed by atoms with Gasteiger partial charge in [-0.15, -0.1) is 0 Å². The molecule has 0 fully saturated rings. The Kier molecular flexibility index (Phi) is 7.61. The van der Waals surface area contributed by atoms with Crippen LogP contribution in [0.1, 0.15) is 30.5 Å². The van der Waals surface area contributed by atoms with Gasteiger partial charge in [0.15, 0.2) is 0 Å². The smallest absolute Gasteiger partial charge is 0.244 e. The summed E-state index contributed by atoms with van der Waals surface area (Å²) >= 11 is 0. The normalized spacial score (nSPS) is 10.2. The third-order valence-corrected chi connectivity index (χ3v) is 4.42. The van der Waals surface area contributed by atoms with Gasteiger partial charge in [-0.2, -0.15) is 0 Å². The van der Waals surface area contributed by atoms with Crippen molar-refractivity contribution in [1.29, 1.82) is 0 Å². The summed E-state index contributed by atoms with van der Waals surface area (Å²) in [6.07, 6.45) is 5.08. The highest BCUT2D eigenvalue weighted by Crippen LogP contribution is 2.27. The lowest BCUT2D eigenvalue weighted by molar-refractivity contribution is -0.116. The molecule has 30 heavy (non-hydrogen) atoms. The van der Waals surface area contributed by atoms with Crippen molar-refractivity contribution in [2.24, 2.45) is 0 Å². The van der Waals surface area contributed by atoms with E-state index in [9.17, 15) is 4.79 Å². The van der Waals surface area contributed by atoms with Gasteiger partial charge in [0.05, 0.1) is 13.2 Å².